The first kappa shape index (κ1) is 18.1. The van der Waals surface area contributed by atoms with Crippen molar-refractivity contribution >= 4 is 34.8 Å². The zero-order valence-electron chi connectivity index (χ0n) is 13.0. The molecule has 130 valence electrons. The van der Waals surface area contributed by atoms with Gasteiger partial charge in [-0.1, -0.05) is 6.07 Å². The van der Waals surface area contributed by atoms with Crippen LogP contribution in [-0.2, 0) is 9.53 Å². The van der Waals surface area contributed by atoms with Crippen LogP contribution in [0.5, 0.6) is 0 Å². The van der Waals surface area contributed by atoms with Crippen molar-refractivity contribution in [2.24, 2.45) is 0 Å². The van der Waals surface area contributed by atoms with Crippen molar-refractivity contribution in [2.75, 3.05) is 6.61 Å². The van der Waals surface area contributed by atoms with Gasteiger partial charge >= 0.3 is 5.97 Å². The number of nitro benzene ring substituents is 1. The zero-order chi connectivity index (χ0) is 18.4. The van der Waals surface area contributed by atoms with E-state index in [0.717, 1.165) is 11.6 Å². The van der Waals surface area contributed by atoms with Crippen molar-refractivity contribution in [3.63, 3.8) is 0 Å². The number of benzene rings is 1. The van der Waals surface area contributed by atoms with Crippen LogP contribution in [0.25, 0.3) is 0 Å². The third kappa shape index (κ3) is 4.85. The zero-order valence-corrected chi connectivity index (χ0v) is 13.8. The van der Waals surface area contributed by atoms with Crippen LogP contribution < -0.4 is 10.9 Å². The van der Waals surface area contributed by atoms with Crippen molar-refractivity contribution in [2.45, 2.75) is 6.92 Å². The molecule has 2 aromatic rings. The number of non-ortho nitro benzene ring substituents is 1. The van der Waals surface area contributed by atoms with Gasteiger partial charge in [-0.15, -0.1) is 11.3 Å². The highest BCUT2D eigenvalue weighted by atomic mass is 32.1. The fourth-order valence-electron chi connectivity index (χ4n) is 1.77. The summed E-state index contributed by atoms with van der Waals surface area (Å²) in [7, 11) is 0. The maximum atomic E-state index is 11.8. The molecule has 0 spiro atoms. The van der Waals surface area contributed by atoms with Gasteiger partial charge in [-0.2, -0.15) is 0 Å². The number of carbonyl (C=O) groups excluding carboxylic acids is 3. The van der Waals surface area contributed by atoms with Gasteiger partial charge in [0.25, 0.3) is 17.5 Å². The number of hydrogen-bond acceptors (Lipinski definition) is 7. The molecule has 1 heterocycles. The topological polar surface area (TPSA) is 128 Å². The summed E-state index contributed by atoms with van der Waals surface area (Å²) in [5.74, 6) is -2.12. The lowest BCUT2D eigenvalue weighted by molar-refractivity contribution is -0.384. The highest BCUT2D eigenvalue weighted by Crippen LogP contribution is 2.16. The van der Waals surface area contributed by atoms with Gasteiger partial charge in [0, 0.05) is 17.7 Å². The Morgan fingerprint density at radius 2 is 2.00 bits per heavy atom. The molecule has 0 bridgehead atoms. The molecule has 10 heteroatoms. The average Bonchev–Trinajstić information content (AvgIpc) is 3.03. The normalized spacial score (nSPS) is 9.96. The molecule has 0 atom stereocenters. The van der Waals surface area contributed by atoms with E-state index < -0.39 is 29.3 Å². The summed E-state index contributed by atoms with van der Waals surface area (Å²) < 4.78 is 4.84. The van der Waals surface area contributed by atoms with Gasteiger partial charge in [-0.05, 0) is 30.0 Å². The summed E-state index contributed by atoms with van der Waals surface area (Å²) in [6.07, 6.45) is 0. The van der Waals surface area contributed by atoms with Crippen LogP contribution in [0.1, 0.15) is 25.6 Å². The number of carbonyl (C=O) groups is 3. The molecule has 0 aliphatic carbocycles. The Kier molecular flexibility index (Phi) is 5.79. The lowest BCUT2D eigenvalue weighted by Crippen LogP contribution is -2.43. The Labute approximate surface area is 145 Å². The molecule has 1 aromatic carbocycles. The predicted octanol–water partition coefficient (Wildman–Crippen LogP) is 1.58. The molecule has 0 unspecified atom stereocenters. The predicted molar refractivity (Wildman–Crippen MR) is 88.0 cm³/mol. The molecule has 0 aliphatic heterocycles. The lowest BCUT2D eigenvalue weighted by Gasteiger charge is -2.08. The molecule has 0 saturated heterocycles. The molecular formula is C15H13N3O6S. The Morgan fingerprint density at radius 1 is 1.24 bits per heavy atom. The average molecular weight is 363 g/mol. The van der Waals surface area contributed by atoms with E-state index in [4.69, 9.17) is 4.74 Å². The molecule has 25 heavy (non-hydrogen) atoms. The van der Waals surface area contributed by atoms with E-state index in [1.54, 1.807) is 18.4 Å². The number of nitrogens with one attached hydrogen (secondary N) is 2. The van der Waals surface area contributed by atoms with Crippen LogP contribution in [0.4, 0.5) is 5.69 Å². The lowest BCUT2D eigenvalue weighted by atomic mass is 10.2. The quantitative estimate of drug-likeness (QED) is 0.472. The number of thiophene rings is 1. The van der Waals surface area contributed by atoms with E-state index in [1.165, 1.54) is 29.5 Å². The number of rotatable bonds is 5. The second-order valence-corrected chi connectivity index (χ2v) is 5.73. The second-order valence-electron chi connectivity index (χ2n) is 4.82. The molecule has 0 radical (unpaired) electrons. The molecule has 0 aliphatic rings. The van der Waals surface area contributed by atoms with Gasteiger partial charge in [-0.3, -0.25) is 30.6 Å². The van der Waals surface area contributed by atoms with Gasteiger partial charge in [-0.25, -0.2) is 4.79 Å². The van der Waals surface area contributed by atoms with E-state index in [-0.39, 0.29) is 11.3 Å². The van der Waals surface area contributed by atoms with Gasteiger partial charge in [0.1, 0.15) is 4.88 Å². The molecule has 2 N–H and O–H groups in total. The second kappa shape index (κ2) is 8.02. The third-order valence-corrected chi connectivity index (χ3v) is 4.01. The summed E-state index contributed by atoms with van der Waals surface area (Å²) in [4.78, 5) is 45.6. The highest BCUT2D eigenvalue weighted by molar-refractivity contribution is 7.12. The summed E-state index contributed by atoms with van der Waals surface area (Å²) in [5.41, 5.74) is 4.64. The van der Waals surface area contributed by atoms with Crippen LogP contribution in [0.3, 0.4) is 0 Å². The standard InChI is InChI=1S/C15H13N3O6S/c1-9-5-6-25-13(9)15(21)24-8-12(19)16-17-14(20)10-3-2-4-11(7-10)18(22)23/h2-7H,8H2,1H3,(H,16,19)(H,17,20). The number of ether oxygens (including phenoxy) is 1. The maximum absolute atomic E-state index is 11.8. The number of nitrogens with zero attached hydrogens (tertiary/aromatic N) is 1. The number of esters is 1. The SMILES string of the molecule is Cc1ccsc1C(=O)OCC(=O)NNC(=O)c1cccc([N+](=O)[O-])c1. The Balaban J connectivity index is 1.82. The molecule has 1 aromatic heterocycles. The van der Waals surface area contributed by atoms with Crippen LogP contribution in [0, 0.1) is 17.0 Å². The van der Waals surface area contributed by atoms with E-state index in [2.05, 4.69) is 10.9 Å². The maximum Gasteiger partial charge on any atom is 0.349 e. The van der Waals surface area contributed by atoms with Crippen LogP contribution in [-0.4, -0.2) is 29.3 Å². The van der Waals surface area contributed by atoms with Gasteiger partial charge in [0.05, 0.1) is 4.92 Å². The number of aryl methyl sites for hydroxylation is 1. The molecule has 9 nitrogen and oxygen atoms in total. The van der Waals surface area contributed by atoms with Gasteiger partial charge < -0.3 is 4.74 Å². The fourth-order valence-corrected chi connectivity index (χ4v) is 2.59. The van der Waals surface area contributed by atoms with E-state index >= 15 is 0 Å². The fraction of sp³-hybridized carbons (Fsp3) is 0.133. The van der Waals surface area contributed by atoms with Crippen molar-refractivity contribution in [1.29, 1.82) is 0 Å². The molecule has 2 rings (SSSR count). The summed E-state index contributed by atoms with van der Waals surface area (Å²) in [6, 6.07) is 6.76. The van der Waals surface area contributed by atoms with Crippen molar-refractivity contribution in [3.8, 4) is 0 Å². The first-order chi connectivity index (χ1) is 11.9. The van der Waals surface area contributed by atoms with Gasteiger partial charge in [0.15, 0.2) is 6.61 Å². The number of hydrogen-bond donors (Lipinski definition) is 2. The largest absolute Gasteiger partial charge is 0.451 e. The van der Waals surface area contributed by atoms with Crippen LogP contribution in [0.2, 0.25) is 0 Å². The summed E-state index contributed by atoms with van der Waals surface area (Å²) in [5, 5.41) is 12.4. The highest BCUT2D eigenvalue weighted by Gasteiger charge is 2.15. The number of nitro groups is 1. The third-order valence-electron chi connectivity index (χ3n) is 3.02. The number of amides is 2. The molecule has 2 amide bonds. The summed E-state index contributed by atoms with van der Waals surface area (Å²) >= 11 is 1.20. The van der Waals surface area contributed by atoms with E-state index in [1.807, 2.05) is 0 Å². The van der Waals surface area contributed by atoms with Crippen LogP contribution in [0.15, 0.2) is 35.7 Å². The first-order valence-electron chi connectivity index (χ1n) is 6.93. The van der Waals surface area contributed by atoms with Gasteiger partial charge in [0.2, 0.25) is 0 Å². The minimum absolute atomic E-state index is 0.000653. The van der Waals surface area contributed by atoms with E-state index in [0.29, 0.717) is 4.88 Å². The number of hydrazine groups is 1. The first-order valence-corrected chi connectivity index (χ1v) is 7.81. The minimum Gasteiger partial charge on any atom is -0.451 e. The van der Waals surface area contributed by atoms with Crippen molar-refractivity contribution in [3.05, 3.63) is 61.8 Å². The van der Waals surface area contributed by atoms with Crippen molar-refractivity contribution in [1.82, 2.24) is 10.9 Å². The van der Waals surface area contributed by atoms with Crippen molar-refractivity contribution < 1.29 is 24.0 Å². The Hall–Kier alpha value is -3.27. The smallest absolute Gasteiger partial charge is 0.349 e. The summed E-state index contributed by atoms with van der Waals surface area (Å²) in [6.45, 7) is 1.16. The molecular weight excluding hydrogens is 350 g/mol. The Bertz CT molecular complexity index is 832. The monoisotopic (exact) mass is 363 g/mol. The van der Waals surface area contributed by atoms with E-state index in [9.17, 15) is 24.5 Å². The minimum atomic E-state index is -0.749. The van der Waals surface area contributed by atoms with Crippen LogP contribution >= 0.6 is 11.3 Å². The Morgan fingerprint density at radius 3 is 2.64 bits per heavy atom. The molecule has 0 saturated carbocycles. The molecule has 0 fully saturated rings.